The molecular weight excluding hydrogens is 542 g/mol. The minimum Gasteiger partial charge on any atom is -0.325 e. The molecule has 0 aliphatic heterocycles. The summed E-state index contributed by atoms with van der Waals surface area (Å²) in [5.41, 5.74) is 2.23. The van der Waals surface area contributed by atoms with E-state index in [9.17, 15) is 9.59 Å². The van der Waals surface area contributed by atoms with E-state index in [1.165, 1.54) is 16.6 Å². The Labute approximate surface area is 213 Å². The van der Waals surface area contributed by atoms with Gasteiger partial charge in [-0.3, -0.25) is 14.2 Å². The smallest absolute Gasteiger partial charge is 0.267 e. The first-order valence-electron chi connectivity index (χ1n) is 10.4. The fourth-order valence-electron chi connectivity index (χ4n) is 3.45. The molecule has 0 bridgehead atoms. The number of hydrogen-bond acceptors (Lipinski definition) is 5. The first-order chi connectivity index (χ1) is 15.9. The molecular formula is C24H21BrClN3O2S2. The summed E-state index contributed by atoms with van der Waals surface area (Å²) >= 11 is 12.2. The lowest BCUT2D eigenvalue weighted by Crippen LogP contribution is -2.22. The van der Waals surface area contributed by atoms with E-state index in [0.717, 1.165) is 22.9 Å². The van der Waals surface area contributed by atoms with Gasteiger partial charge in [-0.2, -0.15) is 0 Å². The van der Waals surface area contributed by atoms with Crippen LogP contribution in [0.5, 0.6) is 0 Å². The van der Waals surface area contributed by atoms with Crippen LogP contribution in [0.4, 0.5) is 5.69 Å². The number of halogens is 2. The topological polar surface area (TPSA) is 64.0 Å². The molecule has 0 fully saturated rings. The summed E-state index contributed by atoms with van der Waals surface area (Å²) in [7, 11) is 0. The zero-order valence-electron chi connectivity index (χ0n) is 18.0. The van der Waals surface area contributed by atoms with Crippen LogP contribution < -0.4 is 10.9 Å². The number of amides is 1. The third-order valence-corrected chi connectivity index (χ3v) is 8.02. The number of carbonyl (C=O) groups is 1. The predicted molar refractivity (Wildman–Crippen MR) is 142 cm³/mol. The Bertz CT molecular complexity index is 1370. The Kier molecular flexibility index (Phi) is 7.58. The Morgan fingerprint density at radius 2 is 1.88 bits per heavy atom. The van der Waals surface area contributed by atoms with E-state index < -0.39 is 0 Å². The number of hydrogen-bond donors (Lipinski definition) is 1. The van der Waals surface area contributed by atoms with Crippen LogP contribution in [-0.4, -0.2) is 21.2 Å². The number of benzene rings is 2. The zero-order valence-corrected chi connectivity index (χ0v) is 22.0. The van der Waals surface area contributed by atoms with E-state index in [-0.39, 0.29) is 17.2 Å². The molecule has 1 N–H and O–H groups in total. The Morgan fingerprint density at radius 3 is 2.55 bits per heavy atom. The lowest BCUT2D eigenvalue weighted by atomic mass is 10.1. The van der Waals surface area contributed by atoms with E-state index in [1.54, 1.807) is 40.2 Å². The quantitative estimate of drug-likeness (QED) is 0.198. The number of thioether (sulfide) groups is 1. The van der Waals surface area contributed by atoms with Crippen LogP contribution >= 0.6 is 50.6 Å². The highest BCUT2D eigenvalue weighted by Gasteiger charge is 2.20. The number of thiophene rings is 1. The third-order valence-electron chi connectivity index (χ3n) is 5.05. The lowest BCUT2D eigenvalue weighted by Gasteiger charge is -2.12. The van der Waals surface area contributed by atoms with Gasteiger partial charge in [0.15, 0.2) is 5.16 Å². The van der Waals surface area contributed by atoms with Gasteiger partial charge in [0.2, 0.25) is 5.91 Å². The minimum atomic E-state index is -0.173. The van der Waals surface area contributed by atoms with Crippen LogP contribution in [0, 0.1) is 6.92 Å². The van der Waals surface area contributed by atoms with Gasteiger partial charge in [-0.05, 0) is 67.4 Å². The van der Waals surface area contributed by atoms with Crippen molar-refractivity contribution < 1.29 is 4.79 Å². The zero-order chi connectivity index (χ0) is 23.5. The van der Waals surface area contributed by atoms with E-state index in [1.807, 2.05) is 31.2 Å². The summed E-state index contributed by atoms with van der Waals surface area (Å²) in [6.45, 7) is 4.10. The molecule has 2 aromatic carbocycles. The van der Waals surface area contributed by atoms with E-state index in [4.69, 9.17) is 16.6 Å². The van der Waals surface area contributed by atoms with Crippen molar-refractivity contribution in [2.45, 2.75) is 31.8 Å². The molecule has 0 saturated carbocycles. The first-order valence-corrected chi connectivity index (χ1v) is 13.3. The molecule has 2 heterocycles. The van der Waals surface area contributed by atoms with Crippen LogP contribution in [0.1, 0.15) is 23.8 Å². The molecule has 1 amide bonds. The van der Waals surface area contributed by atoms with Crippen molar-refractivity contribution in [3.63, 3.8) is 0 Å². The van der Waals surface area contributed by atoms with Crippen molar-refractivity contribution in [1.82, 2.24) is 9.55 Å². The number of nitrogens with zero attached hydrogens (tertiary/aromatic N) is 2. The molecule has 0 aliphatic carbocycles. The van der Waals surface area contributed by atoms with Crippen LogP contribution in [-0.2, 0) is 11.2 Å². The van der Waals surface area contributed by atoms with Crippen LogP contribution in [0.15, 0.2) is 63.0 Å². The van der Waals surface area contributed by atoms with Gasteiger partial charge in [0.1, 0.15) is 4.83 Å². The van der Waals surface area contributed by atoms with Gasteiger partial charge >= 0.3 is 0 Å². The molecule has 0 aliphatic rings. The minimum absolute atomic E-state index is 0.119. The number of rotatable bonds is 7. The molecule has 2 aromatic heterocycles. The van der Waals surface area contributed by atoms with Crippen molar-refractivity contribution in [3.05, 3.63) is 78.8 Å². The summed E-state index contributed by atoms with van der Waals surface area (Å²) in [4.78, 5) is 32.9. The van der Waals surface area contributed by atoms with Crippen LogP contribution in [0.3, 0.4) is 0 Å². The fourth-order valence-corrected chi connectivity index (χ4v) is 5.97. The standard InChI is InChI=1S/C24H21BrClN3O2S2/c1-3-4-19-14(2)21-22(33-19)28-24(29(23(21)31)18-11-7-16(26)8-12-18)32-13-20(30)27-17-9-5-15(25)6-10-17/h5-12H,3-4,13H2,1-2H3,(H,27,30). The molecule has 33 heavy (non-hydrogen) atoms. The fraction of sp³-hybridized carbons (Fsp3) is 0.208. The normalized spacial score (nSPS) is 11.2. The van der Waals surface area contributed by atoms with Crippen LogP contribution in [0.2, 0.25) is 5.02 Å². The Morgan fingerprint density at radius 1 is 1.18 bits per heavy atom. The number of aromatic nitrogens is 2. The van der Waals surface area contributed by atoms with E-state index in [0.29, 0.717) is 31.8 Å². The summed E-state index contributed by atoms with van der Waals surface area (Å²) in [6, 6.07) is 14.4. The summed E-state index contributed by atoms with van der Waals surface area (Å²) in [6.07, 6.45) is 1.90. The summed E-state index contributed by atoms with van der Waals surface area (Å²) in [5.74, 6) is -0.0540. The second-order valence-corrected chi connectivity index (χ2v) is 10.8. The number of aryl methyl sites for hydroxylation is 2. The van der Waals surface area contributed by atoms with Crippen molar-refractivity contribution in [2.24, 2.45) is 0 Å². The molecule has 0 atom stereocenters. The van der Waals surface area contributed by atoms with Crippen molar-refractivity contribution >= 4 is 72.4 Å². The van der Waals surface area contributed by atoms with Crippen LogP contribution in [0.25, 0.3) is 15.9 Å². The monoisotopic (exact) mass is 561 g/mol. The molecule has 170 valence electrons. The maximum atomic E-state index is 13.6. The first kappa shape index (κ1) is 24.0. The van der Waals surface area contributed by atoms with Crippen molar-refractivity contribution in [1.29, 1.82) is 0 Å². The SMILES string of the molecule is CCCc1sc2nc(SCC(=O)Nc3ccc(Br)cc3)n(-c3ccc(Cl)cc3)c(=O)c2c1C. The molecule has 5 nitrogen and oxygen atoms in total. The number of fused-ring (bicyclic) bond motifs is 1. The molecule has 0 unspecified atom stereocenters. The maximum Gasteiger partial charge on any atom is 0.267 e. The molecule has 0 radical (unpaired) electrons. The second-order valence-electron chi connectivity index (χ2n) is 7.44. The number of carbonyl (C=O) groups excluding carboxylic acids is 1. The maximum absolute atomic E-state index is 13.6. The number of nitrogens with one attached hydrogen (secondary N) is 1. The highest BCUT2D eigenvalue weighted by molar-refractivity contribution is 9.10. The lowest BCUT2D eigenvalue weighted by molar-refractivity contribution is -0.113. The van der Waals surface area contributed by atoms with Gasteiger partial charge < -0.3 is 5.32 Å². The van der Waals surface area contributed by atoms with E-state index in [2.05, 4.69) is 28.2 Å². The third kappa shape index (κ3) is 5.35. The van der Waals surface area contributed by atoms with Crippen molar-refractivity contribution in [3.8, 4) is 5.69 Å². The molecule has 0 saturated heterocycles. The van der Waals surface area contributed by atoms with Gasteiger partial charge in [-0.25, -0.2) is 4.98 Å². The molecule has 4 rings (SSSR count). The predicted octanol–water partition coefficient (Wildman–Crippen LogP) is 6.85. The molecule has 9 heteroatoms. The highest BCUT2D eigenvalue weighted by atomic mass is 79.9. The van der Waals surface area contributed by atoms with Gasteiger partial charge in [0, 0.05) is 20.1 Å². The average molecular weight is 563 g/mol. The number of anilines is 1. The largest absolute Gasteiger partial charge is 0.325 e. The molecule has 0 spiro atoms. The van der Waals surface area contributed by atoms with Gasteiger partial charge in [-0.1, -0.05) is 52.6 Å². The van der Waals surface area contributed by atoms with E-state index >= 15 is 0 Å². The summed E-state index contributed by atoms with van der Waals surface area (Å²) in [5, 5.41) is 4.58. The Balaban J connectivity index is 1.71. The second kappa shape index (κ2) is 10.4. The highest BCUT2D eigenvalue weighted by Crippen LogP contribution is 2.31. The Hall–Kier alpha value is -2.13. The van der Waals surface area contributed by atoms with Gasteiger partial charge in [0.05, 0.1) is 16.8 Å². The average Bonchev–Trinajstić information content (AvgIpc) is 3.10. The van der Waals surface area contributed by atoms with Gasteiger partial charge in [0.25, 0.3) is 5.56 Å². The molecule has 4 aromatic rings. The van der Waals surface area contributed by atoms with Crippen molar-refractivity contribution in [2.75, 3.05) is 11.1 Å². The summed E-state index contributed by atoms with van der Waals surface area (Å²) < 4.78 is 2.51. The van der Waals surface area contributed by atoms with Gasteiger partial charge in [-0.15, -0.1) is 11.3 Å².